The fourth-order valence-corrected chi connectivity index (χ4v) is 6.18. The fraction of sp³-hybridized carbons (Fsp3) is 0. The summed E-state index contributed by atoms with van der Waals surface area (Å²) in [6, 6.07) is 19.9. The molecule has 8 nitrogen and oxygen atoms in total. The van der Waals surface area contributed by atoms with Crippen molar-refractivity contribution in [1.82, 2.24) is 0 Å². The average Bonchev–Trinajstić information content (AvgIpc) is 2.85. The van der Waals surface area contributed by atoms with E-state index in [-0.39, 0.29) is 37.4 Å². The number of anilines is 3. The van der Waals surface area contributed by atoms with Gasteiger partial charge in [-0.05, 0) is 72.8 Å². The Hall–Kier alpha value is -3.64. The molecule has 4 aromatic rings. The number of para-hydroxylation sites is 1. The van der Waals surface area contributed by atoms with Crippen molar-refractivity contribution in [2.24, 2.45) is 0 Å². The second kappa shape index (κ2) is 11.0. The third-order valence-electron chi connectivity index (χ3n) is 5.10. The molecule has 0 aliphatic carbocycles. The SMILES string of the molecule is O=C(Nc1ccc(Cl)c(S(=O)(=O)Nc2cccc(Cl)c2)c1)c1ccccc1NS(=O)(=O)c1ccc(F)cc1. The summed E-state index contributed by atoms with van der Waals surface area (Å²) in [5.41, 5.74) is 0.209. The van der Waals surface area contributed by atoms with Crippen molar-refractivity contribution in [2.45, 2.75) is 9.79 Å². The highest BCUT2D eigenvalue weighted by atomic mass is 35.5. The van der Waals surface area contributed by atoms with Crippen LogP contribution in [0.25, 0.3) is 0 Å². The van der Waals surface area contributed by atoms with Crippen LogP contribution in [0.2, 0.25) is 10.0 Å². The summed E-state index contributed by atoms with van der Waals surface area (Å²) in [5, 5.41) is 2.78. The molecule has 1 amide bonds. The maximum Gasteiger partial charge on any atom is 0.263 e. The molecule has 0 spiro atoms. The van der Waals surface area contributed by atoms with Crippen LogP contribution in [0.1, 0.15) is 10.4 Å². The van der Waals surface area contributed by atoms with Crippen LogP contribution in [0.4, 0.5) is 21.5 Å². The Bertz CT molecular complexity index is 1730. The van der Waals surface area contributed by atoms with Crippen molar-refractivity contribution in [2.75, 3.05) is 14.8 Å². The molecule has 13 heteroatoms. The van der Waals surface area contributed by atoms with Gasteiger partial charge in [-0.2, -0.15) is 0 Å². The summed E-state index contributed by atoms with van der Waals surface area (Å²) in [7, 11) is -8.29. The maximum atomic E-state index is 13.2. The Morgan fingerprint density at radius 1 is 0.711 bits per heavy atom. The van der Waals surface area contributed by atoms with Gasteiger partial charge in [0.1, 0.15) is 10.7 Å². The van der Waals surface area contributed by atoms with Crippen LogP contribution < -0.4 is 14.8 Å². The van der Waals surface area contributed by atoms with Crippen LogP contribution in [0.15, 0.2) is 101 Å². The predicted molar refractivity (Wildman–Crippen MR) is 145 cm³/mol. The molecule has 0 unspecified atom stereocenters. The van der Waals surface area contributed by atoms with Crippen LogP contribution in [0, 0.1) is 5.82 Å². The number of hydrogen-bond acceptors (Lipinski definition) is 5. The van der Waals surface area contributed by atoms with Crippen LogP contribution in [0.3, 0.4) is 0 Å². The number of rotatable bonds is 8. The zero-order valence-electron chi connectivity index (χ0n) is 19.2. The highest BCUT2D eigenvalue weighted by Gasteiger charge is 2.22. The minimum absolute atomic E-state index is 0.0428. The number of nitrogens with one attached hydrogen (secondary N) is 3. The van der Waals surface area contributed by atoms with Gasteiger partial charge in [-0.1, -0.05) is 41.4 Å². The summed E-state index contributed by atoms with van der Waals surface area (Å²) >= 11 is 12.1. The summed E-state index contributed by atoms with van der Waals surface area (Å²) in [6.45, 7) is 0. The van der Waals surface area contributed by atoms with E-state index in [0.717, 1.165) is 24.3 Å². The monoisotopic (exact) mass is 593 g/mol. The molecule has 0 aromatic heterocycles. The van der Waals surface area contributed by atoms with Crippen LogP contribution in [-0.2, 0) is 20.0 Å². The Labute approximate surface area is 228 Å². The number of sulfonamides is 2. The molecular weight excluding hydrogens is 576 g/mol. The quantitative estimate of drug-likeness (QED) is 0.232. The highest BCUT2D eigenvalue weighted by Crippen LogP contribution is 2.29. The second-order valence-electron chi connectivity index (χ2n) is 7.82. The molecule has 0 aliphatic heterocycles. The standard InChI is InChI=1S/C25H18Cl2FN3O5S2/c26-16-4-3-5-19(14-16)30-38(35,36)24-15-18(10-13-22(24)27)29-25(32)21-6-1-2-7-23(21)31-37(33,34)20-11-8-17(28)9-12-20/h1-15,30-31H,(H,29,32). The first-order chi connectivity index (χ1) is 17.9. The number of halogens is 3. The Morgan fingerprint density at radius 2 is 1.42 bits per heavy atom. The van der Waals surface area contributed by atoms with Gasteiger partial charge < -0.3 is 5.32 Å². The van der Waals surface area contributed by atoms with Gasteiger partial charge in [-0.3, -0.25) is 14.2 Å². The first-order valence-corrected chi connectivity index (χ1v) is 14.4. The Morgan fingerprint density at radius 3 is 2.13 bits per heavy atom. The zero-order chi connectivity index (χ0) is 27.5. The van der Waals surface area contributed by atoms with Gasteiger partial charge in [0.25, 0.3) is 26.0 Å². The van der Waals surface area contributed by atoms with Crippen molar-refractivity contribution in [1.29, 1.82) is 0 Å². The minimum Gasteiger partial charge on any atom is -0.322 e. The number of carbonyl (C=O) groups excluding carboxylic acids is 1. The molecule has 0 atom stereocenters. The topological polar surface area (TPSA) is 121 Å². The first kappa shape index (κ1) is 27.4. The van der Waals surface area contributed by atoms with Crippen molar-refractivity contribution in [3.63, 3.8) is 0 Å². The van der Waals surface area contributed by atoms with Crippen molar-refractivity contribution >= 4 is 66.2 Å². The van der Waals surface area contributed by atoms with Gasteiger partial charge in [-0.25, -0.2) is 21.2 Å². The molecule has 0 aliphatic rings. The van der Waals surface area contributed by atoms with E-state index in [9.17, 15) is 26.0 Å². The Balaban J connectivity index is 1.58. The average molecular weight is 594 g/mol. The van der Waals surface area contributed by atoms with E-state index in [2.05, 4.69) is 14.8 Å². The highest BCUT2D eigenvalue weighted by molar-refractivity contribution is 7.93. The number of benzene rings is 4. The molecule has 0 saturated heterocycles. The molecule has 196 valence electrons. The molecule has 0 radical (unpaired) electrons. The number of hydrogen-bond donors (Lipinski definition) is 3. The first-order valence-electron chi connectivity index (χ1n) is 10.7. The van der Waals surface area contributed by atoms with Crippen molar-refractivity contribution < 1.29 is 26.0 Å². The van der Waals surface area contributed by atoms with Crippen molar-refractivity contribution in [3.8, 4) is 0 Å². The van der Waals surface area contributed by atoms with Gasteiger partial charge in [0.2, 0.25) is 0 Å². The summed E-state index contributed by atoms with van der Waals surface area (Å²) < 4.78 is 69.3. The second-order valence-corrected chi connectivity index (χ2v) is 12.0. The minimum atomic E-state index is -4.16. The summed E-state index contributed by atoms with van der Waals surface area (Å²) in [5.74, 6) is -1.33. The van der Waals surface area contributed by atoms with Gasteiger partial charge in [0, 0.05) is 10.7 Å². The van der Waals surface area contributed by atoms with Gasteiger partial charge >= 0.3 is 0 Å². The lowest BCUT2D eigenvalue weighted by Crippen LogP contribution is -2.19. The van der Waals surface area contributed by atoms with E-state index in [1.54, 1.807) is 12.1 Å². The predicted octanol–water partition coefficient (Wildman–Crippen LogP) is 5.99. The lowest BCUT2D eigenvalue weighted by atomic mass is 10.1. The lowest BCUT2D eigenvalue weighted by Gasteiger charge is -2.14. The molecule has 38 heavy (non-hydrogen) atoms. The molecule has 3 N–H and O–H groups in total. The van der Waals surface area contributed by atoms with Gasteiger partial charge in [0.15, 0.2) is 0 Å². The van der Waals surface area contributed by atoms with E-state index in [1.165, 1.54) is 54.6 Å². The van der Waals surface area contributed by atoms with Crippen LogP contribution in [-0.4, -0.2) is 22.7 Å². The summed E-state index contributed by atoms with van der Waals surface area (Å²) in [6.07, 6.45) is 0. The molecule has 0 fully saturated rings. The van der Waals surface area contributed by atoms with E-state index in [4.69, 9.17) is 23.2 Å². The molecule has 0 heterocycles. The molecular formula is C25H18Cl2FN3O5S2. The van der Waals surface area contributed by atoms with E-state index in [0.29, 0.717) is 5.02 Å². The third kappa shape index (κ3) is 6.43. The lowest BCUT2D eigenvalue weighted by molar-refractivity contribution is 0.102. The summed E-state index contributed by atoms with van der Waals surface area (Å²) in [4.78, 5) is 12.6. The van der Waals surface area contributed by atoms with Gasteiger partial charge in [0.05, 0.1) is 26.9 Å². The Kier molecular flexibility index (Phi) is 7.93. The normalized spacial score (nSPS) is 11.6. The van der Waals surface area contributed by atoms with E-state index in [1.807, 2.05) is 0 Å². The number of carbonyl (C=O) groups is 1. The van der Waals surface area contributed by atoms with E-state index < -0.39 is 31.8 Å². The van der Waals surface area contributed by atoms with Crippen molar-refractivity contribution in [3.05, 3.63) is 112 Å². The maximum absolute atomic E-state index is 13.2. The number of amides is 1. The molecule has 4 rings (SSSR count). The molecule has 0 bridgehead atoms. The molecule has 0 saturated carbocycles. The smallest absolute Gasteiger partial charge is 0.263 e. The van der Waals surface area contributed by atoms with Gasteiger partial charge in [-0.15, -0.1) is 0 Å². The largest absolute Gasteiger partial charge is 0.322 e. The zero-order valence-corrected chi connectivity index (χ0v) is 22.3. The van der Waals surface area contributed by atoms with Crippen LogP contribution >= 0.6 is 23.2 Å². The van der Waals surface area contributed by atoms with E-state index >= 15 is 0 Å². The third-order valence-corrected chi connectivity index (χ3v) is 8.57. The molecule has 4 aromatic carbocycles. The fourth-order valence-electron chi connectivity index (χ4n) is 3.34. The van der Waals surface area contributed by atoms with Crippen LogP contribution in [0.5, 0.6) is 0 Å².